The molecule has 0 radical (unpaired) electrons. The van der Waals surface area contributed by atoms with Crippen LogP contribution in [0.1, 0.15) is 37.1 Å². The van der Waals surface area contributed by atoms with Gasteiger partial charge in [0.25, 0.3) is 0 Å². The smallest absolute Gasteiger partial charge is 0.229 e. The van der Waals surface area contributed by atoms with Gasteiger partial charge in [-0.15, -0.1) is 0 Å². The maximum atomic E-state index is 12.0. The fraction of sp³-hybridized carbons (Fsp3) is 0.385. The van der Waals surface area contributed by atoms with Crippen molar-refractivity contribution in [2.75, 3.05) is 24.5 Å². The lowest BCUT2D eigenvalue weighted by Crippen LogP contribution is -2.41. The van der Waals surface area contributed by atoms with Gasteiger partial charge in [0.1, 0.15) is 24.1 Å². The molecule has 0 saturated carbocycles. The average molecular weight is 460 g/mol. The zero-order chi connectivity index (χ0) is 23.4. The molecule has 8 heteroatoms. The first-order valence-corrected chi connectivity index (χ1v) is 11.8. The van der Waals surface area contributed by atoms with E-state index in [1.807, 2.05) is 43.5 Å². The van der Waals surface area contributed by atoms with Crippen LogP contribution in [-0.2, 0) is 11.3 Å². The number of piperidine rings is 1. The molecule has 34 heavy (non-hydrogen) atoms. The molecule has 8 nitrogen and oxygen atoms in total. The molecule has 176 valence electrons. The molecular formula is C26H29N5O3. The summed E-state index contributed by atoms with van der Waals surface area (Å²) >= 11 is 0. The van der Waals surface area contributed by atoms with E-state index in [1.54, 1.807) is 12.5 Å². The maximum Gasteiger partial charge on any atom is 0.229 e. The summed E-state index contributed by atoms with van der Waals surface area (Å²) in [5.41, 5.74) is 3.27. The van der Waals surface area contributed by atoms with E-state index in [0.29, 0.717) is 12.4 Å². The summed E-state index contributed by atoms with van der Waals surface area (Å²) in [5.74, 6) is 2.26. The zero-order valence-electron chi connectivity index (χ0n) is 19.4. The Balaban J connectivity index is 1.10. The number of oxazole rings is 1. The molecule has 0 aliphatic carbocycles. The number of furan rings is 1. The number of rotatable bonds is 9. The van der Waals surface area contributed by atoms with Gasteiger partial charge in [-0.1, -0.05) is 12.1 Å². The van der Waals surface area contributed by atoms with Crippen LogP contribution in [-0.4, -0.2) is 40.9 Å². The number of aldehydes is 1. The van der Waals surface area contributed by atoms with E-state index in [-0.39, 0.29) is 5.41 Å². The van der Waals surface area contributed by atoms with Gasteiger partial charge >= 0.3 is 0 Å². The van der Waals surface area contributed by atoms with Crippen molar-refractivity contribution in [1.82, 2.24) is 20.3 Å². The van der Waals surface area contributed by atoms with Crippen LogP contribution in [0, 0.1) is 12.3 Å². The molecule has 0 amide bonds. The molecule has 1 aliphatic heterocycles. The minimum atomic E-state index is -0.263. The van der Waals surface area contributed by atoms with Crippen LogP contribution in [0.25, 0.3) is 22.5 Å². The van der Waals surface area contributed by atoms with Gasteiger partial charge in [0.15, 0.2) is 0 Å². The molecule has 1 saturated heterocycles. The Bertz CT molecular complexity index is 1240. The van der Waals surface area contributed by atoms with Gasteiger partial charge in [-0.05, 0) is 57.4 Å². The van der Waals surface area contributed by atoms with E-state index < -0.39 is 0 Å². The van der Waals surface area contributed by atoms with Gasteiger partial charge in [0.2, 0.25) is 5.89 Å². The summed E-state index contributed by atoms with van der Waals surface area (Å²) in [4.78, 5) is 28.1. The van der Waals surface area contributed by atoms with E-state index in [9.17, 15) is 4.79 Å². The molecule has 0 atom stereocenters. The number of nitrogens with zero attached hydrogens (tertiary/aromatic N) is 4. The van der Waals surface area contributed by atoms with Crippen molar-refractivity contribution in [3.63, 3.8) is 0 Å². The third kappa shape index (κ3) is 4.72. The van der Waals surface area contributed by atoms with E-state index in [0.717, 1.165) is 79.2 Å². The lowest BCUT2D eigenvalue weighted by atomic mass is 9.76. The Morgan fingerprint density at radius 3 is 2.74 bits per heavy atom. The van der Waals surface area contributed by atoms with Crippen LogP contribution in [0.3, 0.4) is 0 Å². The van der Waals surface area contributed by atoms with Crippen LogP contribution in [0.2, 0.25) is 0 Å². The first-order chi connectivity index (χ1) is 16.7. The lowest BCUT2D eigenvalue weighted by molar-refractivity contribution is -0.117. The SMILES string of the molecule is Cc1oc(-c2ccoc2)nc1CNCCCC1(C=O)CCN(c2cnc3ccccc3n2)CC1. The van der Waals surface area contributed by atoms with Crippen LogP contribution >= 0.6 is 0 Å². The molecule has 0 bridgehead atoms. The minimum absolute atomic E-state index is 0.263. The number of carbonyl (C=O) groups is 1. The second-order valence-electron chi connectivity index (χ2n) is 9.00. The van der Waals surface area contributed by atoms with Gasteiger partial charge < -0.3 is 23.8 Å². The van der Waals surface area contributed by atoms with E-state index >= 15 is 0 Å². The predicted molar refractivity (Wildman–Crippen MR) is 129 cm³/mol. The minimum Gasteiger partial charge on any atom is -0.472 e. The van der Waals surface area contributed by atoms with Gasteiger partial charge in [0, 0.05) is 25.0 Å². The third-order valence-corrected chi connectivity index (χ3v) is 6.75. The quantitative estimate of drug-likeness (QED) is 0.288. The summed E-state index contributed by atoms with van der Waals surface area (Å²) in [7, 11) is 0. The van der Waals surface area contributed by atoms with Crippen molar-refractivity contribution >= 4 is 23.1 Å². The number of benzene rings is 1. The standard InChI is InChI=1S/C26H29N5O3/c1-19-23(30-25(34-19)20-7-14-33-17-20)15-27-11-4-8-26(18-32)9-12-31(13-10-26)24-16-28-21-5-2-3-6-22(21)29-24/h2-3,5-7,14,16-18,27H,4,8-13,15H2,1H3. The number of nitrogens with one attached hydrogen (secondary N) is 1. The highest BCUT2D eigenvalue weighted by Gasteiger charge is 2.34. The Kier molecular flexibility index (Phi) is 6.40. The largest absolute Gasteiger partial charge is 0.472 e. The summed E-state index contributed by atoms with van der Waals surface area (Å²) in [6.45, 7) is 5.00. The van der Waals surface area contributed by atoms with Crippen LogP contribution < -0.4 is 10.2 Å². The monoisotopic (exact) mass is 459 g/mol. The predicted octanol–water partition coefficient (Wildman–Crippen LogP) is 4.54. The van der Waals surface area contributed by atoms with Gasteiger partial charge in [-0.25, -0.2) is 9.97 Å². The molecule has 4 heterocycles. The van der Waals surface area contributed by atoms with E-state index in [4.69, 9.17) is 13.8 Å². The second kappa shape index (κ2) is 9.77. The fourth-order valence-corrected chi connectivity index (χ4v) is 4.58. The molecule has 0 spiro atoms. The number of anilines is 1. The Labute approximate surface area is 198 Å². The van der Waals surface area contributed by atoms with Crippen molar-refractivity contribution in [3.8, 4) is 11.5 Å². The first-order valence-electron chi connectivity index (χ1n) is 11.8. The van der Waals surface area contributed by atoms with Crippen LogP contribution in [0.15, 0.2) is 57.9 Å². The number of hydrogen-bond acceptors (Lipinski definition) is 8. The van der Waals surface area contributed by atoms with Gasteiger partial charge in [-0.2, -0.15) is 0 Å². The normalized spacial score (nSPS) is 15.6. The Morgan fingerprint density at radius 2 is 1.97 bits per heavy atom. The van der Waals surface area contributed by atoms with E-state index in [1.165, 1.54) is 6.29 Å². The van der Waals surface area contributed by atoms with Crippen molar-refractivity contribution in [2.24, 2.45) is 5.41 Å². The zero-order valence-corrected chi connectivity index (χ0v) is 19.4. The molecule has 1 N–H and O–H groups in total. The Morgan fingerprint density at radius 1 is 1.15 bits per heavy atom. The number of fused-ring (bicyclic) bond motifs is 1. The number of aryl methyl sites for hydroxylation is 1. The second-order valence-corrected chi connectivity index (χ2v) is 9.00. The number of hydrogen-bond donors (Lipinski definition) is 1. The summed E-state index contributed by atoms with van der Waals surface area (Å²) in [5, 5.41) is 3.44. The van der Waals surface area contributed by atoms with Crippen molar-refractivity contribution in [1.29, 1.82) is 0 Å². The summed E-state index contributed by atoms with van der Waals surface area (Å²) in [6.07, 6.45) is 9.72. The molecule has 5 rings (SSSR count). The summed E-state index contributed by atoms with van der Waals surface area (Å²) in [6, 6.07) is 9.73. The van der Waals surface area contributed by atoms with Crippen molar-refractivity contribution < 1.29 is 13.6 Å². The topological polar surface area (TPSA) is 97.3 Å². The number of carbonyl (C=O) groups excluding carboxylic acids is 1. The van der Waals surface area contributed by atoms with Gasteiger partial charge in [0.05, 0.1) is 34.8 Å². The highest BCUT2D eigenvalue weighted by atomic mass is 16.4. The van der Waals surface area contributed by atoms with Crippen molar-refractivity contribution in [2.45, 2.75) is 39.2 Å². The summed E-state index contributed by atoms with van der Waals surface area (Å²) < 4.78 is 10.8. The molecule has 0 unspecified atom stereocenters. The third-order valence-electron chi connectivity index (χ3n) is 6.75. The van der Waals surface area contributed by atoms with Crippen LogP contribution in [0.4, 0.5) is 5.82 Å². The van der Waals surface area contributed by atoms with Crippen LogP contribution in [0.5, 0.6) is 0 Å². The van der Waals surface area contributed by atoms with Crippen molar-refractivity contribution in [3.05, 3.63) is 60.5 Å². The number of para-hydroxylation sites is 2. The highest BCUT2D eigenvalue weighted by Crippen LogP contribution is 2.35. The first kappa shape index (κ1) is 22.3. The fourth-order valence-electron chi connectivity index (χ4n) is 4.58. The highest BCUT2D eigenvalue weighted by molar-refractivity contribution is 5.75. The number of aromatic nitrogens is 3. The molecule has 4 aromatic rings. The van der Waals surface area contributed by atoms with Gasteiger partial charge in [-0.3, -0.25) is 4.98 Å². The Hall–Kier alpha value is -3.52. The molecule has 3 aromatic heterocycles. The molecule has 1 aliphatic rings. The average Bonchev–Trinajstić information content (AvgIpc) is 3.54. The molecular weight excluding hydrogens is 430 g/mol. The lowest BCUT2D eigenvalue weighted by Gasteiger charge is -2.38. The molecule has 1 fully saturated rings. The molecule has 1 aromatic carbocycles. The maximum absolute atomic E-state index is 12.0. The van der Waals surface area contributed by atoms with E-state index in [2.05, 4.69) is 20.2 Å².